The lowest BCUT2D eigenvalue weighted by atomic mass is 9.93. The van der Waals surface area contributed by atoms with Crippen molar-refractivity contribution in [1.82, 2.24) is 0 Å². The Hall–Kier alpha value is -4.85. The number of para-hydroxylation sites is 2. The van der Waals surface area contributed by atoms with Gasteiger partial charge < -0.3 is 4.90 Å². The van der Waals surface area contributed by atoms with Crippen molar-refractivity contribution in [2.24, 2.45) is 0 Å². The van der Waals surface area contributed by atoms with Crippen molar-refractivity contribution in [3.8, 4) is 29.3 Å². The molecule has 0 radical (unpaired) electrons. The molecule has 0 spiro atoms. The molecule has 0 saturated carbocycles. The van der Waals surface area contributed by atoms with Crippen LogP contribution in [0.2, 0.25) is 0 Å². The molecule has 0 atom stereocenters. The summed E-state index contributed by atoms with van der Waals surface area (Å²) in [5.74, 6) is 0. The van der Waals surface area contributed by atoms with Gasteiger partial charge >= 0.3 is 0 Å². The molecule has 0 amide bonds. The van der Waals surface area contributed by atoms with Crippen LogP contribution in [0.1, 0.15) is 16.7 Å². The van der Waals surface area contributed by atoms with Crippen molar-refractivity contribution in [3.05, 3.63) is 114 Å². The summed E-state index contributed by atoms with van der Waals surface area (Å²) < 4.78 is 0. The molecule has 144 valence electrons. The van der Waals surface area contributed by atoms with Crippen LogP contribution in [0.4, 0.5) is 17.1 Å². The van der Waals surface area contributed by atoms with E-state index in [0.29, 0.717) is 22.3 Å². The van der Waals surface area contributed by atoms with Crippen LogP contribution >= 0.6 is 0 Å². The van der Waals surface area contributed by atoms with E-state index < -0.39 is 0 Å². The fourth-order valence-electron chi connectivity index (χ4n) is 3.57. The molecule has 0 fully saturated rings. The number of rotatable bonds is 4. The largest absolute Gasteiger partial charge is 0.311 e. The number of hydrogen-bond acceptors (Lipinski definition) is 4. The molecule has 0 aromatic heterocycles. The van der Waals surface area contributed by atoms with E-state index in [2.05, 4.69) is 17.0 Å². The van der Waals surface area contributed by atoms with E-state index >= 15 is 0 Å². The fraction of sp³-hybridized carbons (Fsp3) is 0. The highest BCUT2D eigenvalue weighted by molar-refractivity contribution is 5.81. The first-order valence-corrected chi connectivity index (χ1v) is 9.64. The molecule has 4 nitrogen and oxygen atoms in total. The number of nitrogens with zero attached hydrogens (tertiary/aromatic N) is 4. The minimum atomic E-state index is 0.299. The van der Waals surface area contributed by atoms with Gasteiger partial charge in [-0.2, -0.15) is 15.8 Å². The average molecular weight is 396 g/mol. The molecule has 0 aliphatic carbocycles. The van der Waals surface area contributed by atoms with Gasteiger partial charge in [0.15, 0.2) is 0 Å². The summed E-state index contributed by atoms with van der Waals surface area (Å²) in [5, 5.41) is 28.3. The topological polar surface area (TPSA) is 74.6 Å². The van der Waals surface area contributed by atoms with Crippen LogP contribution in [0.5, 0.6) is 0 Å². The highest BCUT2D eigenvalue weighted by Crippen LogP contribution is 2.36. The molecular formula is C27H16N4. The first-order valence-electron chi connectivity index (χ1n) is 9.64. The summed E-state index contributed by atoms with van der Waals surface area (Å²) in [6, 6.07) is 37.1. The lowest BCUT2D eigenvalue weighted by Gasteiger charge is -2.25. The van der Waals surface area contributed by atoms with Crippen molar-refractivity contribution < 1.29 is 0 Å². The van der Waals surface area contributed by atoms with Crippen molar-refractivity contribution in [3.63, 3.8) is 0 Å². The molecule has 0 bridgehead atoms. The van der Waals surface area contributed by atoms with E-state index in [0.717, 1.165) is 22.6 Å². The van der Waals surface area contributed by atoms with Gasteiger partial charge in [-0.05, 0) is 54.1 Å². The quantitative estimate of drug-likeness (QED) is 0.398. The van der Waals surface area contributed by atoms with Gasteiger partial charge in [-0.1, -0.05) is 48.5 Å². The first kappa shape index (κ1) is 19.5. The van der Waals surface area contributed by atoms with Crippen molar-refractivity contribution in [1.29, 1.82) is 15.8 Å². The first-order chi connectivity index (χ1) is 15.2. The molecule has 0 N–H and O–H groups in total. The van der Waals surface area contributed by atoms with Gasteiger partial charge in [-0.25, -0.2) is 0 Å². The molecule has 0 heterocycles. The maximum Gasteiger partial charge on any atom is 0.0999 e. The summed E-state index contributed by atoms with van der Waals surface area (Å²) in [6.45, 7) is 0. The molecule has 0 aliphatic rings. The SMILES string of the molecule is N#Cc1cc(C#N)c(-c2ccc(N(c3ccccc3)c3ccccc3)cc2)c(C#N)c1. The van der Waals surface area contributed by atoms with Gasteiger partial charge in [-0.15, -0.1) is 0 Å². The molecule has 31 heavy (non-hydrogen) atoms. The number of anilines is 3. The average Bonchev–Trinajstić information content (AvgIpc) is 2.85. The van der Waals surface area contributed by atoms with Crippen molar-refractivity contribution in [2.75, 3.05) is 4.90 Å². The van der Waals surface area contributed by atoms with E-state index in [-0.39, 0.29) is 0 Å². The molecular weight excluding hydrogens is 380 g/mol. The Morgan fingerprint density at radius 3 is 1.39 bits per heavy atom. The molecule has 0 saturated heterocycles. The maximum absolute atomic E-state index is 9.58. The Kier molecular flexibility index (Phi) is 5.44. The second kappa shape index (κ2) is 8.66. The summed E-state index contributed by atoms with van der Waals surface area (Å²) in [5.41, 5.74) is 5.21. The Morgan fingerprint density at radius 2 is 0.968 bits per heavy atom. The second-order valence-corrected chi connectivity index (χ2v) is 6.84. The van der Waals surface area contributed by atoms with Crippen molar-refractivity contribution in [2.45, 2.75) is 0 Å². The van der Waals surface area contributed by atoms with E-state index in [1.807, 2.05) is 91.0 Å². The minimum Gasteiger partial charge on any atom is -0.311 e. The Bertz CT molecular complexity index is 1260. The van der Waals surface area contributed by atoms with Gasteiger partial charge in [0.2, 0.25) is 0 Å². The third kappa shape index (κ3) is 3.85. The van der Waals surface area contributed by atoms with Crippen LogP contribution in [0.3, 0.4) is 0 Å². The normalized spacial score (nSPS) is 9.84. The van der Waals surface area contributed by atoms with Crippen LogP contribution in [0, 0.1) is 34.0 Å². The van der Waals surface area contributed by atoms with Gasteiger partial charge in [0.05, 0.1) is 34.9 Å². The minimum absolute atomic E-state index is 0.299. The molecule has 0 unspecified atom stereocenters. The van der Waals surface area contributed by atoms with E-state index in [1.165, 1.54) is 12.1 Å². The molecule has 4 aromatic carbocycles. The fourth-order valence-corrected chi connectivity index (χ4v) is 3.57. The second-order valence-electron chi connectivity index (χ2n) is 6.84. The lowest BCUT2D eigenvalue weighted by Crippen LogP contribution is -2.09. The molecule has 4 heteroatoms. The van der Waals surface area contributed by atoms with Crippen LogP contribution in [-0.2, 0) is 0 Å². The summed E-state index contributed by atoms with van der Waals surface area (Å²) in [7, 11) is 0. The zero-order valence-electron chi connectivity index (χ0n) is 16.5. The van der Waals surface area contributed by atoms with Gasteiger partial charge in [0, 0.05) is 22.6 Å². The van der Waals surface area contributed by atoms with E-state index in [4.69, 9.17) is 0 Å². The van der Waals surface area contributed by atoms with Gasteiger partial charge in [0.25, 0.3) is 0 Å². The van der Waals surface area contributed by atoms with Crippen LogP contribution in [0.25, 0.3) is 11.1 Å². The van der Waals surface area contributed by atoms with E-state index in [9.17, 15) is 15.8 Å². The molecule has 4 aromatic rings. The Labute approximate surface area is 181 Å². The molecule has 4 rings (SSSR count). The van der Waals surface area contributed by atoms with E-state index in [1.54, 1.807) is 0 Å². The third-order valence-electron chi connectivity index (χ3n) is 4.95. The summed E-state index contributed by atoms with van der Waals surface area (Å²) >= 11 is 0. The van der Waals surface area contributed by atoms with Gasteiger partial charge in [0.1, 0.15) is 0 Å². The zero-order valence-corrected chi connectivity index (χ0v) is 16.5. The summed E-state index contributed by atoms with van der Waals surface area (Å²) in [6.07, 6.45) is 0. The van der Waals surface area contributed by atoms with Crippen LogP contribution < -0.4 is 4.90 Å². The Balaban J connectivity index is 1.82. The highest BCUT2D eigenvalue weighted by Gasteiger charge is 2.15. The predicted octanol–water partition coefficient (Wildman–Crippen LogP) is 6.44. The maximum atomic E-state index is 9.58. The van der Waals surface area contributed by atoms with Crippen LogP contribution in [0.15, 0.2) is 97.1 Å². The molecule has 0 aliphatic heterocycles. The Morgan fingerprint density at radius 1 is 0.516 bits per heavy atom. The number of hydrogen-bond donors (Lipinski definition) is 0. The van der Waals surface area contributed by atoms with Crippen LogP contribution in [-0.4, -0.2) is 0 Å². The monoisotopic (exact) mass is 396 g/mol. The lowest BCUT2D eigenvalue weighted by molar-refractivity contribution is 1.28. The number of benzene rings is 4. The third-order valence-corrected chi connectivity index (χ3v) is 4.95. The standard InChI is InChI=1S/C27H16N4/c28-17-20-15-22(18-29)27(23(16-20)19-30)21-11-13-26(14-12-21)31(24-7-3-1-4-8-24)25-9-5-2-6-10-25/h1-16H. The summed E-state index contributed by atoms with van der Waals surface area (Å²) in [4.78, 5) is 2.14. The highest BCUT2D eigenvalue weighted by atomic mass is 15.1. The zero-order chi connectivity index (χ0) is 21.6. The van der Waals surface area contributed by atoms with Gasteiger partial charge in [-0.3, -0.25) is 0 Å². The van der Waals surface area contributed by atoms with Crippen molar-refractivity contribution >= 4 is 17.1 Å². The smallest absolute Gasteiger partial charge is 0.0999 e. The number of nitriles is 3. The predicted molar refractivity (Wildman–Crippen MR) is 121 cm³/mol.